The number of imidazole rings is 1. The van der Waals surface area contributed by atoms with Crippen molar-refractivity contribution in [3.8, 4) is 0 Å². The number of nitrogens with one attached hydrogen (secondary N) is 1. The second-order valence-electron chi connectivity index (χ2n) is 5.46. The van der Waals surface area contributed by atoms with E-state index in [0.29, 0.717) is 12.3 Å². The molecule has 2 aromatic heterocycles. The maximum atomic E-state index is 12.8. The molecule has 0 aliphatic rings. The minimum atomic E-state index is -4.65. The molecule has 0 radical (unpaired) electrons. The Morgan fingerprint density at radius 1 is 1.00 bits per heavy atom. The van der Waals surface area contributed by atoms with Gasteiger partial charge in [-0.05, 0) is 24.3 Å². The van der Waals surface area contributed by atoms with Crippen LogP contribution in [-0.4, -0.2) is 15.3 Å². The summed E-state index contributed by atoms with van der Waals surface area (Å²) in [5, 5.41) is 1.89. The molecule has 0 spiro atoms. The highest BCUT2D eigenvalue weighted by Crippen LogP contribution is 2.33. The zero-order chi connectivity index (χ0) is 20.0. The minimum absolute atomic E-state index is 0.0983. The Bertz CT molecular complexity index is 1030. The Morgan fingerprint density at radius 3 is 2.30 bits per heavy atom. The van der Waals surface area contributed by atoms with Gasteiger partial charge in [-0.2, -0.15) is 26.3 Å². The van der Waals surface area contributed by atoms with Crippen LogP contribution in [0.5, 0.6) is 0 Å². The first-order valence-corrected chi connectivity index (χ1v) is 7.57. The lowest BCUT2D eigenvalue weighted by molar-refractivity contribution is -0.138. The molecule has 0 unspecified atom stereocenters. The van der Waals surface area contributed by atoms with Crippen molar-refractivity contribution in [2.45, 2.75) is 12.4 Å². The topological polar surface area (TPSA) is 46.4 Å². The lowest BCUT2D eigenvalue weighted by Gasteiger charge is -2.09. The molecule has 0 atom stereocenters. The van der Waals surface area contributed by atoms with E-state index in [-0.39, 0.29) is 22.1 Å². The van der Waals surface area contributed by atoms with Crippen molar-refractivity contribution in [1.29, 1.82) is 0 Å². The molecule has 0 aliphatic heterocycles. The number of anilines is 1. The van der Waals surface area contributed by atoms with E-state index >= 15 is 0 Å². The number of hydrogen-bond acceptors (Lipinski definition) is 2. The number of nitrogens with zero attached hydrogens (tertiary/aromatic N) is 2. The number of benzene rings is 1. The predicted octanol–water partition coefficient (Wildman–Crippen LogP) is 5.28. The maximum absolute atomic E-state index is 12.8. The first-order valence-electron chi connectivity index (χ1n) is 7.19. The highest BCUT2D eigenvalue weighted by atomic mass is 35.5. The quantitative estimate of drug-likeness (QED) is 0.588. The highest BCUT2D eigenvalue weighted by molar-refractivity contribution is 6.33. The third kappa shape index (κ3) is 4.00. The normalized spacial score (nSPS) is 12.4. The summed E-state index contributed by atoms with van der Waals surface area (Å²) in [5.74, 6) is -0.900. The van der Waals surface area contributed by atoms with Crippen LogP contribution < -0.4 is 5.32 Å². The molecule has 2 heterocycles. The van der Waals surface area contributed by atoms with Crippen LogP contribution in [0.1, 0.15) is 21.6 Å². The third-order valence-electron chi connectivity index (χ3n) is 3.51. The van der Waals surface area contributed by atoms with Gasteiger partial charge in [0, 0.05) is 18.1 Å². The fraction of sp³-hybridized carbons (Fsp3) is 0.125. The van der Waals surface area contributed by atoms with Crippen LogP contribution in [0.4, 0.5) is 32.0 Å². The van der Waals surface area contributed by atoms with Gasteiger partial charge in [0.1, 0.15) is 5.69 Å². The number of carbonyl (C=O) groups is 1. The van der Waals surface area contributed by atoms with Crippen LogP contribution in [-0.2, 0) is 12.4 Å². The molecule has 27 heavy (non-hydrogen) atoms. The van der Waals surface area contributed by atoms with Gasteiger partial charge >= 0.3 is 12.4 Å². The van der Waals surface area contributed by atoms with Crippen LogP contribution in [0.25, 0.3) is 5.65 Å². The SMILES string of the molecule is O=C(Nc1cccc(C(F)(F)F)c1)c1cn2cc(C(F)(F)F)cc(Cl)c2n1. The Labute approximate surface area is 152 Å². The lowest BCUT2D eigenvalue weighted by atomic mass is 10.2. The van der Waals surface area contributed by atoms with E-state index in [1.807, 2.05) is 0 Å². The number of rotatable bonds is 2. The Balaban J connectivity index is 1.92. The summed E-state index contributed by atoms with van der Waals surface area (Å²) in [4.78, 5) is 16.0. The predicted molar refractivity (Wildman–Crippen MR) is 84.6 cm³/mol. The molecule has 0 saturated carbocycles. The van der Waals surface area contributed by atoms with Crippen LogP contribution in [0.15, 0.2) is 42.7 Å². The molecule has 1 N–H and O–H groups in total. The largest absolute Gasteiger partial charge is 0.417 e. The lowest BCUT2D eigenvalue weighted by Crippen LogP contribution is -2.13. The molecule has 0 aliphatic carbocycles. The molecule has 3 rings (SSSR count). The number of alkyl halides is 6. The van der Waals surface area contributed by atoms with Crippen molar-refractivity contribution >= 4 is 28.8 Å². The Hall–Kier alpha value is -2.75. The summed E-state index contributed by atoms with van der Waals surface area (Å²) in [5.41, 5.74) is -2.56. The van der Waals surface area contributed by atoms with Crippen molar-refractivity contribution < 1.29 is 31.1 Å². The second kappa shape index (κ2) is 6.45. The van der Waals surface area contributed by atoms with E-state index < -0.39 is 29.4 Å². The summed E-state index contributed by atoms with van der Waals surface area (Å²) in [6.07, 6.45) is -7.54. The van der Waals surface area contributed by atoms with Crippen LogP contribution in [0.2, 0.25) is 5.02 Å². The fourth-order valence-electron chi connectivity index (χ4n) is 2.29. The van der Waals surface area contributed by atoms with Crippen molar-refractivity contribution in [3.05, 3.63) is 64.6 Å². The van der Waals surface area contributed by atoms with Crippen LogP contribution in [0.3, 0.4) is 0 Å². The summed E-state index contributed by atoms with van der Waals surface area (Å²) in [7, 11) is 0. The van der Waals surface area contributed by atoms with Crippen molar-refractivity contribution in [2.75, 3.05) is 5.32 Å². The van der Waals surface area contributed by atoms with E-state index in [9.17, 15) is 31.1 Å². The standard InChI is InChI=1S/C16H8ClF6N3O/c17-11-5-9(16(21,22)23)6-26-7-12(25-13(11)26)14(27)24-10-3-1-2-8(4-10)15(18,19)20/h1-7H,(H,24,27). The van der Waals surface area contributed by atoms with E-state index in [0.717, 1.165) is 28.8 Å². The molecule has 0 fully saturated rings. The molecule has 0 bridgehead atoms. The number of carbonyl (C=O) groups excluding carboxylic acids is 1. The number of hydrogen-bond donors (Lipinski definition) is 1. The number of fused-ring (bicyclic) bond motifs is 1. The number of pyridine rings is 1. The first kappa shape index (κ1) is 19.0. The fourth-order valence-corrected chi connectivity index (χ4v) is 2.55. The van der Waals surface area contributed by atoms with E-state index in [1.54, 1.807) is 0 Å². The number of halogens is 7. The molecule has 11 heteroatoms. The molecule has 1 aromatic carbocycles. The van der Waals surface area contributed by atoms with E-state index in [2.05, 4.69) is 10.3 Å². The summed E-state index contributed by atoms with van der Waals surface area (Å²) in [6, 6.07) is 4.56. The molecule has 0 saturated heterocycles. The van der Waals surface area contributed by atoms with Crippen molar-refractivity contribution in [1.82, 2.24) is 9.38 Å². The maximum Gasteiger partial charge on any atom is 0.417 e. The average Bonchev–Trinajstić information content (AvgIpc) is 2.98. The van der Waals surface area contributed by atoms with E-state index in [1.165, 1.54) is 6.07 Å². The van der Waals surface area contributed by atoms with Gasteiger partial charge in [0.05, 0.1) is 16.1 Å². The van der Waals surface area contributed by atoms with Gasteiger partial charge in [-0.25, -0.2) is 4.98 Å². The van der Waals surface area contributed by atoms with Gasteiger partial charge in [0.15, 0.2) is 5.65 Å². The molecule has 3 aromatic rings. The molecule has 4 nitrogen and oxygen atoms in total. The number of aromatic nitrogens is 2. The summed E-state index contributed by atoms with van der Waals surface area (Å²) < 4.78 is 77.5. The van der Waals surface area contributed by atoms with Gasteiger partial charge in [-0.1, -0.05) is 17.7 Å². The zero-order valence-corrected chi connectivity index (χ0v) is 13.7. The van der Waals surface area contributed by atoms with Crippen LogP contribution in [0, 0.1) is 0 Å². The van der Waals surface area contributed by atoms with Gasteiger partial charge < -0.3 is 9.72 Å². The monoisotopic (exact) mass is 407 g/mol. The molecular weight excluding hydrogens is 400 g/mol. The van der Waals surface area contributed by atoms with Gasteiger partial charge in [-0.3, -0.25) is 4.79 Å². The van der Waals surface area contributed by atoms with Gasteiger partial charge in [0.2, 0.25) is 0 Å². The molecular formula is C16H8ClF6N3O. The minimum Gasteiger partial charge on any atom is -0.321 e. The van der Waals surface area contributed by atoms with Gasteiger partial charge in [0.25, 0.3) is 5.91 Å². The molecule has 142 valence electrons. The average molecular weight is 408 g/mol. The third-order valence-corrected chi connectivity index (χ3v) is 3.79. The van der Waals surface area contributed by atoms with E-state index in [4.69, 9.17) is 11.6 Å². The highest BCUT2D eigenvalue weighted by Gasteiger charge is 2.32. The zero-order valence-electron chi connectivity index (χ0n) is 13.0. The van der Waals surface area contributed by atoms with Crippen LogP contribution >= 0.6 is 11.6 Å². The Kier molecular flexibility index (Phi) is 4.54. The molecule has 1 amide bonds. The Morgan fingerprint density at radius 2 is 1.67 bits per heavy atom. The summed E-state index contributed by atoms with van der Waals surface area (Å²) in [6.45, 7) is 0. The smallest absolute Gasteiger partial charge is 0.321 e. The van der Waals surface area contributed by atoms with Crippen molar-refractivity contribution in [2.24, 2.45) is 0 Å². The van der Waals surface area contributed by atoms with Gasteiger partial charge in [-0.15, -0.1) is 0 Å². The first-order chi connectivity index (χ1) is 12.4. The van der Waals surface area contributed by atoms with Crippen molar-refractivity contribution in [3.63, 3.8) is 0 Å². The second-order valence-corrected chi connectivity index (χ2v) is 5.87. The summed E-state index contributed by atoms with van der Waals surface area (Å²) >= 11 is 5.78. The number of amides is 1.